The number of hydrogen-bond donors (Lipinski definition) is 1. The monoisotopic (exact) mass is 368 g/mol. The number of amides is 1. The van der Waals surface area contributed by atoms with E-state index in [2.05, 4.69) is 4.98 Å². The summed E-state index contributed by atoms with van der Waals surface area (Å²) in [6, 6.07) is 9.98. The normalized spacial score (nSPS) is 28.2. The lowest BCUT2D eigenvalue weighted by atomic mass is 9.73. The zero-order valence-electron chi connectivity index (χ0n) is 16.3. The topological polar surface area (TPSA) is 62.7 Å². The van der Waals surface area contributed by atoms with Crippen molar-refractivity contribution >= 4 is 16.9 Å². The van der Waals surface area contributed by atoms with E-state index in [9.17, 15) is 9.90 Å². The number of fused-ring (bicyclic) bond motifs is 3. The Labute approximate surface area is 160 Å². The molecule has 1 aromatic heterocycles. The number of pyridine rings is 1. The highest BCUT2D eigenvalue weighted by Gasteiger charge is 2.50. The van der Waals surface area contributed by atoms with Crippen molar-refractivity contribution in [2.24, 2.45) is 0 Å². The van der Waals surface area contributed by atoms with Crippen LogP contribution in [0.25, 0.3) is 10.8 Å². The molecule has 2 atom stereocenters. The van der Waals surface area contributed by atoms with Gasteiger partial charge in [-0.1, -0.05) is 24.3 Å². The van der Waals surface area contributed by atoms with E-state index in [1.54, 1.807) is 6.20 Å². The summed E-state index contributed by atoms with van der Waals surface area (Å²) in [5.41, 5.74) is -0.799. The molecule has 2 aliphatic rings. The maximum absolute atomic E-state index is 12.8. The SMILES string of the molecule is CC(C)(C)OC(=O)N1C2CCCC1CC(O)(c1nccc3ccccc13)C2. The molecule has 1 N–H and O–H groups in total. The van der Waals surface area contributed by atoms with Crippen LogP contribution in [0.3, 0.4) is 0 Å². The molecule has 1 amide bonds. The maximum atomic E-state index is 12.8. The average molecular weight is 368 g/mol. The molecule has 0 saturated carbocycles. The smallest absolute Gasteiger partial charge is 0.410 e. The molecule has 27 heavy (non-hydrogen) atoms. The van der Waals surface area contributed by atoms with Gasteiger partial charge in [0.1, 0.15) is 11.2 Å². The van der Waals surface area contributed by atoms with Gasteiger partial charge in [0.25, 0.3) is 0 Å². The van der Waals surface area contributed by atoms with Crippen LogP contribution in [0.4, 0.5) is 4.79 Å². The molecule has 144 valence electrons. The van der Waals surface area contributed by atoms with Gasteiger partial charge in [-0.2, -0.15) is 0 Å². The number of piperidine rings is 2. The number of carbonyl (C=O) groups excluding carboxylic acids is 1. The van der Waals surface area contributed by atoms with E-state index in [1.165, 1.54) is 0 Å². The summed E-state index contributed by atoms with van der Waals surface area (Å²) in [4.78, 5) is 19.3. The number of ether oxygens (including phenoxy) is 1. The third kappa shape index (κ3) is 3.41. The number of nitrogens with zero attached hydrogens (tertiary/aromatic N) is 2. The van der Waals surface area contributed by atoms with Crippen molar-refractivity contribution in [3.63, 3.8) is 0 Å². The molecular formula is C22H28N2O3. The Morgan fingerprint density at radius 3 is 2.52 bits per heavy atom. The average Bonchev–Trinajstić information content (AvgIpc) is 2.59. The Hall–Kier alpha value is -2.14. The van der Waals surface area contributed by atoms with E-state index in [0.717, 1.165) is 35.7 Å². The van der Waals surface area contributed by atoms with E-state index in [0.29, 0.717) is 12.8 Å². The van der Waals surface area contributed by atoms with Crippen LogP contribution in [0.2, 0.25) is 0 Å². The van der Waals surface area contributed by atoms with Gasteiger partial charge in [0.15, 0.2) is 0 Å². The zero-order valence-corrected chi connectivity index (χ0v) is 16.3. The van der Waals surface area contributed by atoms with Gasteiger partial charge in [-0.25, -0.2) is 4.79 Å². The molecule has 1 aromatic carbocycles. The van der Waals surface area contributed by atoms with Crippen molar-refractivity contribution in [2.75, 3.05) is 0 Å². The number of carbonyl (C=O) groups is 1. The van der Waals surface area contributed by atoms with Crippen LogP contribution in [0.1, 0.15) is 58.6 Å². The molecule has 5 nitrogen and oxygen atoms in total. The molecule has 0 spiro atoms. The van der Waals surface area contributed by atoms with Gasteiger partial charge in [-0.15, -0.1) is 0 Å². The van der Waals surface area contributed by atoms with Crippen LogP contribution in [0, 0.1) is 0 Å². The van der Waals surface area contributed by atoms with Gasteiger partial charge in [-0.3, -0.25) is 4.98 Å². The Morgan fingerprint density at radius 2 is 1.85 bits per heavy atom. The van der Waals surface area contributed by atoms with Crippen molar-refractivity contribution in [2.45, 2.75) is 76.2 Å². The molecule has 0 aliphatic carbocycles. The van der Waals surface area contributed by atoms with Gasteiger partial charge >= 0.3 is 6.09 Å². The molecule has 2 bridgehead atoms. The van der Waals surface area contributed by atoms with Gasteiger partial charge in [-0.05, 0) is 51.5 Å². The first-order valence-electron chi connectivity index (χ1n) is 9.85. The third-order valence-electron chi connectivity index (χ3n) is 5.73. The minimum Gasteiger partial charge on any atom is -0.444 e. The van der Waals surface area contributed by atoms with Crippen molar-refractivity contribution in [3.8, 4) is 0 Å². The predicted octanol–water partition coefficient (Wildman–Crippen LogP) is 4.37. The van der Waals surface area contributed by atoms with Gasteiger partial charge in [0, 0.05) is 36.5 Å². The minimum atomic E-state index is -1.02. The Bertz CT molecular complexity index is 839. The largest absolute Gasteiger partial charge is 0.444 e. The fourth-order valence-corrected chi connectivity index (χ4v) is 4.73. The predicted molar refractivity (Wildman–Crippen MR) is 104 cm³/mol. The summed E-state index contributed by atoms with van der Waals surface area (Å²) in [6.45, 7) is 5.67. The van der Waals surface area contributed by atoms with Gasteiger partial charge < -0.3 is 14.7 Å². The summed E-state index contributed by atoms with van der Waals surface area (Å²) in [5, 5.41) is 13.7. The summed E-state index contributed by atoms with van der Waals surface area (Å²) >= 11 is 0. The summed E-state index contributed by atoms with van der Waals surface area (Å²) in [7, 11) is 0. The molecule has 0 radical (unpaired) electrons. The van der Waals surface area contributed by atoms with Crippen molar-refractivity contribution in [1.82, 2.24) is 9.88 Å². The molecule has 2 saturated heterocycles. The first-order valence-corrected chi connectivity index (χ1v) is 9.85. The van der Waals surface area contributed by atoms with E-state index in [4.69, 9.17) is 4.74 Å². The minimum absolute atomic E-state index is 0.0156. The Balaban J connectivity index is 1.67. The molecule has 3 heterocycles. The quantitative estimate of drug-likeness (QED) is 0.812. The molecular weight excluding hydrogens is 340 g/mol. The number of benzene rings is 1. The first kappa shape index (κ1) is 18.2. The van der Waals surface area contributed by atoms with Gasteiger partial charge in [0.05, 0.1) is 5.69 Å². The zero-order chi connectivity index (χ0) is 19.2. The second-order valence-corrected chi connectivity index (χ2v) is 8.95. The Kier molecular flexibility index (Phi) is 4.38. The molecule has 2 aliphatic heterocycles. The standard InChI is InChI=1S/C22H28N2O3/c1-21(2,3)27-20(25)24-16-8-6-9-17(24)14-22(26,13-16)19-18-10-5-4-7-15(18)11-12-23-19/h4-5,7,10-12,16-17,26H,6,8-9,13-14H2,1-3H3. The van der Waals surface area contributed by atoms with Crippen LogP contribution < -0.4 is 0 Å². The molecule has 2 fully saturated rings. The first-order chi connectivity index (χ1) is 12.8. The lowest BCUT2D eigenvalue weighted by Crippen LogP contribution is -2.59. The Morgan fingerprint density at radius 1 is 1.19 bits per heavy atom. The summed E-state index contributed by atoms with van der Waals surface area (Å²) < 4.78 is 5.65. The molecule has 4 rings (SSSR count). The number of hydrogen-bond acceptors (Lipinski definition) is 4. The highest BCUT2D eigenvalue weighted by atomic mass is 16.6. The van der Waals surface area contributed by atoms with Crippen LogP contribution in [-0.2, 0) is 10.3 Å². The second-order valence-electron chi connectivity index (χ2n) is 8.95. The fraction of sp³-hybridized carbons (Fsp3) is 0.545. The van der Waals surface area contributed by atoms with E-state index in [-0.39, 0.29) is 18.2 Å². The van der Waals surface area contributed by atoms with Crippen molar-refractivity contribution < 1.29 is 14.6 Å². The lowest BCUT2D eigenvalue weighted by molar-refractivity contribution is -0.0977. The fourth-order valence-electron chi connectivity index (χ4n) is 4.73. The van der Waals surface area contributed by atoms with Crippen molar-refractivity contribution in [3.05, 3.63) is 42.2 Å². The van der Waals surface area contributed by atoms with Crippen LogP contribution >= 0.6 is 0 Å². The summed E-state index contributed by atoms with van der Waals surface area (Å²) in [5.74, 6) is 0. The van der Waals surface area contributed by atoms with Crippen LogP contribution in [0.5, 0.6) is 0 Å². The number of aliphatic hydroxyl groups is 1. The van der Waals surface area contributed by atoms with E-state index in [1.807, 2.05) is 56.0 Å². The molecule has 5 heteroatoms. The third-order valence-corrected chi connectivity index (χ3v) is 5.73. The highest BCUT2D eigenvalue weighted by Crippen LogP contribution is 2.45. The second kappa shape index (κ2) is 6.48. The number of rotatable bonds is 1. The molecule has 2 aromatic rings. The summed E-state index contributed by atoms with van der Waals surface area (Å²) in [6.07, 6.45) is 5.38. The number of aromatic nitrogens is 1. The van der Waals surface area contributed by atoms with Crippen LogP contribution in [-0.4, -0.2) is 38.8 Å². The highest BCUT2D eigenvalue weighted by molar-refractivity contribution is 5.85. The van der Waals surface area contributed by atoms with Crippen LogP contribution in [0.15, 0.2) is 36.5 Å². The van der Waals surface area contributed by atoms with E-state index >= 15 is 0 Å². The van der Waals surface area contributed by atoms with Crippen molar-refractivity contribution in [1.29, 1.82) is 0 Å². The lowest BCUT2D eigenvalue weighted by Gasteiger charge is -2.51. The maximum Gasteiger partial charge on any atom is 0.410 e. The molecule has 2 unspecified atom stereocenters. The van der Waals surface area contributed by atoms with E-state index < -0.39 is 11.2 Å². The van der Waals surface area contributed by atoms with Gasteiger partial charge in [0.2, 0.25) is 0 Å².